The highest BCUT2D eigenvalue weighted by Gasteiger charge is 2.18. The van der Waals surface area contributed by atoms with E-state index in [1.165, 1.54) is 0 Å². The summed E-state index contributed by atoms with van der Waals surface area (Å²) in [6.07, 6.45) is 9.66. The molecule has 0 amide bonds. The van der Waals surface area contributed by atoms with Gasteiger partial charge in [0.1, 0.15) is 0 Å². The van der Waals surface area contributed by atoms with Crippen molar-refractivity contribution in [2.45, 2.75) is 38.6 Å². The smallest absolute Gasteiger partial charge is 0.197 e. The minimum atomic E-state index is 0.0606. The van der Waals surface area contributed by atoms with Gasteiger partial charge in [0.25, 0.3) is 0 Å². The Balaban J connectivity index is 2.01. The standard InChI is InChI=1S/C14H17N5/c1-9-6-16-13(17-7-9)14-18-8-10-11(15)4-2-3-5-12(10)19-14/h6-8,11H,2-5,15H2,1H3. The molecule has 2 N–H and O–H groups in total. The van der Waals surface area contributed by atoms with Crippen molar-refractivity contribution >= 4 is 0 Å². The summed E-state index contributed by atoms with van der Waals surface area (Å²) in [5, 5.41) is 0. The lowest BCUT2D eigenvalue weighted by Gasteiger charge is -2.11. The Morgan fingerprint density at radius 1 is 1.05 bits per heavy atom. The van der Waals surface area contributed by atoms with Crippen LogP contribution in [0.25, 0.3) is 11.6 Å². The van der Waals surface area contributed by atoms with Gasteiger partial charge in [-0.05, 0) is 31.7 Å². The highest BCUT2D eigenvalue weighted by atomic mass is 15.0. The van der Waals surface area contributed by atoms with E-state index in [-0.39, 0.29) is 6.04 Å². The first kappa shape index (κ1) is 12.2. The summed E-state index contributed by atoms with van der Waals surface area (Å²) < 4.78 is 0. The van der Waals surface area contributed by atoms with Crippen molar-refractivity contribution in [3.05, 3.63) is 35.4 Å². The molecular formula is C14H17N5. The summed E-state index contributed by atoms with van der Waals surface area (Å²) in [7, 11) is 0. The predicted molar refractivity (Wildman–Crippen MR) is 72.3 cm³/mol. The fourth-order valence-electron chi connectivity index (χ4n) is 2.36. The van der Waals surface area contributed by atoms with Crippen LogP contribution in [0.2, 0.25) is 0 Å². The fraction of sp³-hybridized carbons (Fsp3) is 0.429. The number of rotatable bonds is 1. The van der Waals surface area contributed by atoms with Gasteiger partial charge >= 0.3 is 0 Å². The van der Waals surface area contributed by atoms with Crippen molar-refractivity contribution in [1.29, 1.82) is 0 Å². The maximum Gasteiger partial charge on any atom is 0.197 e. The first-order chi connectivity index (χ1) is 9.24. The summed E-state index contributed by atoms with van der Waals surface area (Å²) in [6, 6.07) is 0.0606. The van der Waals surface area contributed by atoms with E-state index in [1.54, 1.807) is 12.4 Å². The van der Waals surface area contributed by atoms with Gasteiger partial charge in [-0.25, -0.2) is 19.9 Å². The van der Waals surface area contributed by atoms with Gasteiger partial charge in [0.15, 0.2) is 11.6 Å². The number of fused-ring (bicyclic) bond motifs is 1. The van der Waals surface area contributed by atoms with Crippen molar-refractivity contribution in [3.63, 3.8) is 0 Å². The van der Waals surface area contributed by atoms with Gasteiger partial charge in [-0.3, -0.25) is 0 Å². The molecule has 0 spiro atoms. The molecule has 0 radical (unpaired) electrons. The van der Waals surface area contributed by atoms with Crippen LogP contribution in [-0.2, 0) is 6.42 Å². The van der Waals surface area contributed by atoms with Crippen LogP contribution in [0.1, 0.15) is 42.1 Å². The van der Waals surface area contributed by atoms with E-state index in [0.29, 0.717) is 11.6 Å². The maximum absolute atomic E-state index is 6.14. The van der Waals surface area contributed by atoms with Crippen LogP contribution in [-0.4, -0.2) is 19.9 Å². The van der Waals surface area contributed by atoms with Gasteiger partial charge in [-0.1, -0.05) is 6.42 Å². The Labute approximate surface area is 112 Å². The Morgan fingerprint density at radius 3 is 2.58 bits per heavy atom. The molecule has 5 nitrogen and oxygen atoms in total. The lowest BCUT2D eigenvalue weighted by Crippen LogP contribution is -2.12. The molecule has 0 fully saturated rings. The molecule has 0 bridgehead atoms. The molecule has 1 atom stereocenters. The van der Waals surface area contributed by atoms with E-state index in [2.05, 4.69) is 19.9 Å². The summed E-state index contributed by atoms with van der Waals surface area (Å²) in [5.74, 6) is 1.17. The molecule has 0 aliphatic heterocycles. The zero-order chi connectivity index (χ0) is 13.2. The average molecular weight is 255 g/mol. The average Bonchev–Trinajstić information content (AvgIpc) is 2.61. The van der Waals surface area contributed by atoms with Gasteiger partial charge < -0.3 is 5.73 Å². The first-order valence-corrected chi connectivity index (χ1v) is 6.64. The molecule has 2 aromatic rings. The summed E-state index contributed by atoms with van der Waals surface area (Å²) in [5.41, 5.74) is 9.30. The Bertz CT molecular complexity index is 579. The minimum Gasteiger partial charge on any atom is -0.324 e. The number of nitrogens with zero attached hydrogens (tertiary/aromatic N) is 4. The molecule has 1 unspecified atom stereocenters. The minimum absolute atomic E-state index is 0.0606. The van der Waals surface area contributed by atoms with Crippen molar-refractivity contribution in [3.8, 4) is 11.6 Å². The third-order valence-electron chi connectivity index (χ3n) is 3.46. The number of nitrogens with two attached hydrogens (primary N) is 1. The van der Waals surface area contributed by atoms with Gasteiger partial charge in [0.2, 0.25) is 0 Å². The van der Waals surface area contributed by atoms with Crippen molar-refractivity contribution in [2.75, 3.05) is 0 Å². The van der Waals surface area contributed by atoms with Crippen LogP contribution < -0.4 is 5.73 Å². The lowest BCUT2D eigenvalue weighted by atomic mass is 10.1. The van der Waals surface area contributed by atoms with E-state index in [4.69, 9.17) is 5.73 Å². The second-order valence-corrected chi connectivity index (χ2v) is 5.03. The molecule has 2 heterocycles. The molecule has 0 saturated carbocycles. The maximum atomic E-state index is 6.14. The van der Waals surface area contributed by atoms with Gasteiger partial charge in [-0.15, -0.1) is 0 Å². The highest BCUT2D eigenvalue weighted by molar-refractivity contribution is 5.44. The van der Waals surface area contributed by atoms with Crippen LogP contribution in [0.4, 0.5) is 0 Å². The molecular weight excluding hydrogens is 238 g/mol. The third-order valence-corrected chi connectivity index (χ3v) is 3.46. The zero-order valence-electron chi connectivity index (χ0n) is 11.0. The van der Waals surface area contributed by atoms with E-state index < -0.39 is 0 Å². The molecule has 0 saturated heterocycles. The van der Waals surface area contributed by atoms with Crippen LogP contribution >= 0.6 is 0 Å². The SMILES string of the molecule is Cc1cnc(-c2ncc3c(n2)CCCCC3N)nc1. The topological polar surface area (TPSA) is 77.6 Å². The fourth-order valence-corrected chi connectivity index (χ4v) is 2.36. The zero-order valence-corrected chi connectivity index (χ0v) is 11.0. The highest BCUT2D eigenvalue weighted by Crippen LogP contribution is 2.26. The Kier molecular flexibility index (Phi) is 3.21. The van der Waals surface area contributed by atoms with Crippen LogP contribution in [0.5, 0.6) is 0 Å². The first-order valence-electron chi connectivity index (χ1n) is 6.64. The molecule has 3 rings (SSSR count). The van der Waals surface area contributed by atoms with Crippen molar-refractivity contribution in [1.82, 2.24) is 19.9 Å². The predicted octanol–water partition coefficient (Wildman–Crippen LogP) is 1.97. The second kappa shape index (κ2) is 5.01. The van der Waals surface area contributed by atoms with Crippen molar-refractivity contribution < 1.29 is 0 Å². The number of aromatic nitrogens is 4. The van der Waals surface area contributed by atoms with Gasteiger partial charge in [0, 0.05) is 35.9 Å². The Morgan fingerprint density at radius 2 is 1.79 bits per heavy atom. The summed E-state index contributed by atoms with van der Waals surface area (Å²) >= 11 is 0. The normalized spacial score (nSPS) is 18.7. The molecule has 0 aromatic carbocycles. The lowest BCUT2D eigenvalue weighted by molar-refractivity contribution is 0.614. The Hall–Kier alpha value is -1.88. The summed E-state index contributed by atoms with van der Waals surface area (Å²) in [4.78, 5) is 17.5. The molecule has 2 aromatic heterocycles. The number of hydrogen-bond donors (Lipinski definition) is 1. The second-order valence-electron chi connectivity index (χ2n) is 5.03. The molecule has 98 valence electrons. The quantitative estimate of drug-likeness (QED) is 0.788. The van der Waals surface area contributed by atoms with E-state index >= 15 is 0 Å². The van der Waals surface area contributed by atoms with Gasteiger partial charge in [0.05, 0.1) is 0 Å². The molecule has 5 heteroatoms. The number of hydrogen-bond acceptors (Lipinski definition) is 5. The summed E-state index contributed by atoms with van der Waals surface area (Å²) in [6.45, 7) is 1.96. The molecule has 1 aliphatic rings. The number of aryl methyl sites for hydroxylation is 2. The van der Waals surface area contributed by atoms with Crippen LogP contribution in [0, 0.1) is 6.92 Å². The third kappa shape index (κ3) is 2.46. The van der Waals surface area contributed by atoms with E-state index in [0.717, 1.165) is 42.5 Å². The van der Waals surface area contributed by atoms with Crippen LogP contribution in [0.3, 0.4) is 0 Å². The van der Waals surface area contributed by atoms with Gasteiger partial charge in [-0.2, -0.15) is 0 Å². The van der Waals surface area contributed by atoms with E-state index in [9.17, 15) is 0 Å². The van der Waals surface area contributed by atoms with Crippen molar-refractivity contribution in [2.24, 2.45) is 5.73 Å². The molecule has 1 aliphatic carbocycles. The largest absolute Gasteiger partial charge is 0.324 e. The molecule has 19 heavy (non-hydrogen) atoms. The van der Waals surface area contributed by atoms with E-state index in [1.807, 2.05) is 13.1 Å². The van der Waals surface area contributed by atoms with Crippen LogP contribution in [0.15, 0.2) is 18.6 Å². The monoisotopic (exact) mass is 255 g/mol.